The van der Waals surface area contributed by atoms with Gasteiger partial charge in [-0.15, -0.1) is 0 Å². The standard InChI is InChI=1S/C48H81O13P/c1-3-5-7-9-11-13-15-17-19-20-21-22-23-25-27-29-31-33-35-37-42(50)60-40(39-59-62(56,57)61-48-46(54)44(52)43(51)45(53)47(48)55)38-58-41(49)36-34-32-30-28-26-24-18-16-14-12-10-8-6-4-2/h5,7,11,13,17,19,21-22,25,27,31,33,40,43-48,51-55H,3-4,6,8-10,12,14-16,18,20,23-24,26,28-30,32,34-39H2,1-2H3,(H,56,57)/b7-5-,13-11-,19-17-,22-21-,27-25-,33-31-/t40-,43?,44-,45?,46?,47?,48?/m1/s1. The molecule has 0 aromatic heterocycles. The van der Waals surface area contributed by atoms with Gasteiger partial charge in [0.05, 0.1) is 6.61 Å². The molecule has 1 rings (SSSR count). The number of carbonyl (C=O) groups excluding carboxylic acids is 2. The fourth-order valence-corrected chi connectivity index (χ4v) is 7.58. The first-order valence-electron chi connectivity index (χ1n) is 23.2. The first-order valence-corrected chi connectivity index (χ1v) is 24.7. The second-order valence-corrected chi connectivity index (χ2v) is 17.3. The van der Waals surface area contributed by atoms with Gasteiger partial charge in [-0.3, -0.25) is 18.6 Å². The summed E-state index contributed by atoms with van der Waals surface area (Å²) in [6, 6.07) is 0. The van der Waals surface area contributed by atoms with E-state index in [1.54, 1.807) is 0 Å². The third-order valence-electron chi connectivity index (χ3n) is 10.3. The Kier molecular flexibility index (Phi) is 34.8. The van der Waals surface area contributed by atoms with Crippen molar-refractivity contribution in [2.75, 3.05) is 13.2 Å². The number of aliphatic hydroxyl groups is 5. The van der Waals surface area contributed by atoms with Gasteiger partial charge in [-0.1, -0.05) is 170 Å². The summed E-state index contributed by atoms with van der Waals surface area (Å²) in [4.78, 5) is 35.7. The lowest BCUT2D eigenvalue weighted by atomic mass is 9.85. The molecule has 1 aliphatic rings. The van der Waals surface area contributed by atoms with E-state index >= 15 is 0 Å². The minimum atomic E-state index is -5.14. The predicted octanol–water partition coefficient (Wildman–Crippen LogP) is 9.11. The number of aliphatic hydroxyl groups excluding tert-OH is 5. The van der Waals surface area contributed by atoms with Gasteiger partial charge in [-0.2, -0.15) is 0 Å². The molecule has 13 nitrogen and oxygen atoms in total. The van der Waals surface area contributed by atoms with Crippen LogP contribution in [0.25, 0.3) is 0 Å². The van der Waals surface area contributed by atoms with E-state index in [4.69, 9.17) is 18.5 Å². The average molecular weight is 897 g/mol. The maximum absolute atomic E-state index is 12.8. The van der Waals surface area contributed by atoms with Crippen molar-refractivity contribution < 1.29 is 63.1 Å². The van der Waals surface area contributed by atoms with E-state index in [2.05, 4.69) is 68.5 Å². The highest BCUT2D eigenvalue weighted by atomic mass is 31.2. The van der Waals surface area contributed by atoms with Gasteiger partial charge in [0, 0.05) is 12.8 Å². The van der Waals surface area contributed by atoms with Crippen LogP contribution in [0.5, 0.6) is 0 Å². The van der Waals surface area contributed by atoms with E-state index in [0.29, 0.717) is 19.3 Å². The number of hydrogen-bond donors (Lipinski definition) is 6. The molecule has 1 fully saturated rings. The van der Waals surface area contributed by atoms with Crippen molar-refractivity contribution in [3.05, 3.63) is 72.9 Å². The van der Waals surface area contributed by atoms with E-state index in [9.17, 15) is 44.6 Å². The molecule has 0 aliphatic heterocycles. The first-order chi connectivity index (χ1) is 29.9. The Bertz CT molecular complexity index is 1360. The molecule has 0 amide bonds. The Morgan fingerprint density at radius 2 is 0.919 bits per heavy atom. The quantitative estimate of drug-likeness (QED) is 0.0149. The van der Waals surface area contributed by atoms with E-state index in [1.165, 1.54) is 64.2 Å². The third-order valence-corrected chi connectivity index (χ3v) is 11.3. The largest absolute Gasteiger partial charge is 0.472 e. The normalized spacial score (nSPS) is 22.5. The monoisotopic (exact) mass is 897 g/mol. The summed E-state index contributed by atoms with van der Waals surface area (Å²) in [5.74, 6) is -1.20. The van der Waals surface area contributed by atoms with Crippen molar-refractivity contribution >= 4 is 19.8 Å². The zero-order chi connectivity index (χ0) is 45.7. The highest BCUT2D eigenvalue weighted by molar-refractivity contribution is 7.47. The fourth-order valence-electron chi connectivity index (χ4n) is 6.61. The lowest BCUT2D eigenvalue weighted by Gasteiger charge is -2.41. The van der Waals surface area contributed by atoms with Gasteiger partial charge in [0.2, 0.25) is 0 Å². The molecule has 1 saturated carbocycles. The Morgan fingerprint density at radius 1 is 0.516 bits per heavy atom. The summed E-state index contributed by atoms with van der Waals surface area (Å²) in [5, 5.41) is 50.1. The van der Waals surface area contributed by atoms with Crippen LogP contribution in [0.15, 0.2) is 72.9 Å². The Balaban J connectivity index is 2.52. The molecule has 0 bridgehead atoms. The minimum Gasteiger partial charge on any atom is -0.462 e. The molecule has 62 heavy (non-hydrogen) atoms. The SMILES string of the molecule is CC/C=C\C/C=C\C/C=C\C/C=C\C/C=C\C/C=C\CCC(=O)O[C@H](COC(=O)CCCCCCCCCCCCCCCC)COP(=O)(O)OC1C(O)C(O)C(O)[C@@H](O)C1O. The van der Waals surface area contributed by atoms with Gasteiger partial charge in [-0.05, 0) is 51.4 Å². The average Bonchev–Trinajstić information content (AvgIpc) is 3.25. The molecule has 0 spiro atoms. The summed E-state index contributed by atoms with van der Waals surface area (Å²) in [6.45, 7) is 3.12. The van der Waals surface area contributed by atoms with Crippen molar-refractivity contribution in [3.63, 3.8) is 0 Å². The van der Waals surface area contributed by atoms with Crippen LogP contribution in [0.1, 0.15) is 162 Å². The highest BCUT2D eigenvalue weighted by Gasteiger charge is 2.51. The Morgan fingerprint density at radius 3 is 1.37 bits per heavy atom. The number of esters is 2. The molecular weight excluding hydrogens is 815 g/mol. The van der Waals surface area contributed by atoms with E-state index in [0.717, 1.165) is 51.4 Å². The lowest BCUT2D eigenvalue weighted by molar-refractivity contribution is -0.220. The summed E-state index contributed by atoms with van der Waals surface area (Å²) in [5.41, 5.74) is 0. The second-order valence-electron chi connectivity index (χ2n) is 15.9. The molecule has 0 heterocycles. The molecule has 356 valence electrons. The van der Waals surface area contributed by atoms with Crippen LogP contribution >= 0.6 is 7.82 Å². The van der Waals surface area contributed by atoms with Gasteiger partial charge >= 0.3 is 19.8 Å². The Labute approximate surface area is 372 Å². The van der Waals surface area contributed by atoms with Crippen molar-refractivity contribution in [2.24, 2.45) is 0 Å². The van der Waals surface area contributed by atoms with Crippen LogP contribution in [0.4, 0.5) is 0 Å². The van der Waals surface area contributed by atoms with Crippen LogP contribution in [0.3, 0.4) is 0 Å². The topological polar surface area (TPSA) is 210 Å². The minimum absolute atomic E-state index is 0.0302. The van der Waals surface area contributed by atoms with Crippen LogP contribution in [0.2, 0.25) is 0 Å². The van der Waals surface area contributed by atoms with E-state index in [-0.39, 0.29) is 12.8 Å². The summed E-state index contributed by atoms with van der Waals surface area (Å²) < 4.78 is 33.4. The van der Waals surface area contributed by atoms with Gasteiger partial charge in [0.1, 0.15) is 43.2 Å². The van der Waals surface area contributed by atoms with Crippen molar-refractivity contribution in [2.45, 2.75) is 204 Å². The summed E-state index contributed by atoms with van der Waals surface area (Å²) in [6.07, 6.45) is 34.0. The molecule has 0 aromatic carbocycles. The van der Waals surface area contributed by atoms with Gasteiger partial charge in [-0.25, -0.2) is 4.57 Å². The number of phosphoric acid groups is 1. The van der Waals surface area contributed by atoms with E-state index in [1.807, 2.05) is 18.2 Å². The maximum Gasteiger partial charge on any atom is 0.472 e. The number of allylic oxidation sites excluding steroid dienone is 12. The fraction of sp³-hybridized carbons (Fsp3) is 0.708. The van der Waals surface area contributed by atoms with Crippen molar-refractivity contribution in [3.8, 4) is 0 Å². The predicted molar refractivity (Wildman–Crippen MR) is 244 cm³/mol. The number of hydrogen-bond acceptors (Lipinski definition) is 12. The van der Waals surface area contributed by atoms with Gasteiger partial charge < -0.3 is 39.9 Å². The van der Waals surface area contributed by atoms with Gasteiger partial charge in [0.15, 0.2) is 6.10 Å². The molecule has 1 aliphatic carbocycles. The molecule has 6 N–H and O–H groups in total. The Hall–Kier alpha value is -2.71. The van der Waals surface area contributed by atoms with Crippen LogP contribution < -0.4 is 0 Å². The highest BCUT2D eigenvalue weighted by Crippen LogP contribution is 2.47. The third kappa shape index (κ3) is 29.6. The summed E-state index contributed by atoms with van der Waals surface area (Å²) >= 11 is 0. The molecule has 0 saturated heterocycles. The number of carbonyl (C=O) groups is 2. The van der Waals surface area contributed by atoms with Gasteiger partial charge in [0.25, 0.3) is 0 Å². The molecule has 8 atom stereocenters. The number of unbranched alkanes of at least 4 members (excludes halogenated alkanes) is 13. The number of rotatable bonds is 37. The maximum atomic E-state index is 12.8. The molecular formula is C48H81O13P. The number of ether oxygens (including phenoxy) is 2. The molecule has 6 unspecified atom stereocenters. The zero-order valence-corrected chi connectivity index (χ0v) is 38.5. The molecule has 0 radical (unpaired) electrons. The molecule has 0 aromatic rings. The summed E-state index contributed by atoms with van der Waals surface area (Å²) in [7, 11) is -5.14. The van der Waals surface area contributed by atoms with Crippen LogP contribution in [-0.2, 0) is 32.7 Å². The van der Waals surface area contributed by atoms with E-state index < -0.39 is 75.7 Å². The lowest BCUT2D eigenvalue weighted by Crippen LogP contribution is -2.64. The first kappa shape index (κ1) is 57.3. The van der Waals surface area contributed by atoms with Crippen LogP contribution in [-0.4, -0.2) is 98.3 Å². The van der Waals surface area contributed by atoms with Crippen molar-refractivity contribution in [1.82, 2.24) is 0 Å². The number of phosphoric ester groups is 1. The van der Waals surface area contributed by atoms with Crippen LogP contribution in [0, 0.1) is 0 Å². The molecule has 14 heteroatoms. The second kappa shape index (κ2) is 37.6. The zero-order valence-electron chi connectivity index (χ0n) is 37.6. The smallest absolute Gasteiger partial charge is 0.462 e. The van der Waals surface area contributed by atoms with Crippen molar-refractivity contribution in [1.29, 1.82) is 0 Å².